The van der Waals surface area contributed by atoms with Crippen LogP contribution in [0.3, 0.4) is 0 Å². The third-order valence-electron chi connectivity index (χ3n) is 5.03. The van der Waals surface area contributed by atoms with Crippen LogP contribution in [0.4, 0.5) is 0 Å². The van der Waals surface area contributed by atoms with Gasteiger partial charge in [0, 0.05) is 28.2 Å². The zero-order valence-electron chi connectivity index (χ0n) is 15.1. The minimum atomic E-state index is 0.292. The number of nitrogens with one attached hydrogen (secondary N) is 1. The molecule has 0 spiro atoms. The number of benzene rings is 1. The second-order valence-corrected chi connectivity index (χ2v) is 8.13. The van der Waals surface area contributed by atoms with E-state index in [1.54, 1.807) is 0 Å². The summed E-state index contributed by atoms with van der Waals surface area (Å²) in [4.78, 5) is 2.47. The van der Waals surface area contributed by atoms with Gasteiger partial charge in [0.05, 0.1) is 23.6 Å². The van der Waals surface area contributed by atoms with Gasteiger partial charge in [-0.2, -0.15) is 5.10 Å². The fraction of sp³-hybridized carbons (Fsp3) is 0.400. The first-order valence-corrected chi connectivity index (χ1v) is 9.90. The van der Waals surface area contributed by atoms with Crippen molar-refractivity contribution in [1.29, 1.82) is 0 Å². The summed E-state index contributed by atoms with van der Waals surface area (Å²) >= 11 is 3.55. The molecule has 26 heavy (non-hydrogen) atoms. The van der Waals surface area contributed by atoms with Crippen LogP contribution >= 0.6 is 15.9 Å². The Morgan fingerprint density at radius 3 is 3.00 bits per heavy atom. The Balaban J connectivity index is 1.56. The molecule has 136 valence electrons. The molecule has 4 rings (SSSR count). The molecule has 0 amide bonds. The van der Waals surface area contributed by atoms with E-state index in [1.165, 1.54) is 12.0 Å². The van der Waals surface area contributed by atoms with Crippen LogP contribution in [-0.4, -0.2) is 26.8 Å². The van der Waals surface area contributed by atoms with E-state index in [-0.39, 0.29) is 0 Å². The van der Waals surface area contributed by atoms with Crippen molar-refractivity contribution in [2.24, 2.45) is 0 Å². The molecule has 0 saturated carbocycles. The maximum Gasteiger partial charge on any atom is 0.154 e. The Morgan fingerprint density at radius 2 is 2.23 bits per heavy atom. The van der Waals surface area contributed by atoms with Crippen LogP contribution in [0.25, 0.3) is 11.3 Å². The molecule has 3 aromatic rings. The van der Waals surface area contributed by atoms with Crippen molar-refractivity contribution in [2.45, 2.75) is 45.2 Å². The molecule has 5 nitrogen and oxygen atoms in total. The van der Waals surface area contributed by atoms with Gasteiger partial charge in [0.15, 0.2) is 5.76 Å². The number of nitrogens with zero attached hydrogens (tertiary/aromatic N) is 3. The summed E-state index contributed by atoms with van der Waals surface area (Å²) in [7, 11) is 0. The van der Waals surface area contributed by atoms with E-state index in [0.29, 0.717) is 12.0 Å². The average Bonchev–Trinajstić information content (AvgIpc) is 3.35. The van der Waals surface area contributed by atoms with Crippen LogP contribution in [0, 0.1) is 0 Å². The van der Waals surface area contributed by atoms with E-state index in [1.807, 2.05) is 18.3 Å². The van der Waals surface area contributed by atoms with Gasteiger partial charge in [0.2, 0.25) is 0 Å². The second-order valence-electron chi connectivity index (χ2n) is 7.22. The highest BCUT2D eigenvalue weighted by Gasteiger charge is 2.30. The van der Waals surface area contributed by atoms with Gasteiger partial charge in [0.25, 0.3) is 0 Å². The zero-order valence-corrected chi connectivity index (χ0v) is 16.7. The number of hydrogen-bond acceptors (Lipinski definition) is 4. The Labute approximate surface area is 161 Å². The van der Waals surface area contributed by atoms with Gasteiger partial charge in [-0.05, 0) is 37.4 Å². The van der Waals surface area contributed by atoms with Crippen molar-refractivity contribution in [3.63, 3.8) is 0 Å². The van der Waals surface area contributed by atoms with Crippen LogP contribution in [0.2, 0.25) is 0 Å². The molecule has 0 unspecified atom stereocenters. The van der Waals surface area contributed by atoms with Gasteiger partial charge in [-0.1, -0.05) is 47.1 Å². The molecule has 1 aliphatic rings. The molecule has 2 aromatic heterocycles. The maximum absolute atomic E-state index is 5.67. The Bertz CT molecular complexity index is 885. The first-order chi connectivity index (χ1) is 12.6. The van der Waals surface area contributed by atoms with E-state index in [2.05, 4.69) is 68.2 Å². The van der Waals surface area contributed by atoms with Gasteiger partial charge >= 0.3 is 0 Å². The van der Waals surface area contributed by atoms with Crippen LogP contribution in [0.1, 0.15) is 55.7 Å². The second kappa shape index (κ2) is 7.37. The molecule has 0 aliphatic carbocycles. The molecule has 6 heteroatoms. The van der Waals surface area contributed by atoms with Gasteiger partial charge in [0.1, 0.15) is 0 Å². The summed E-state index contributed by atoms with van der Waals surface area (Å²) in [6.45, 7) is 6.19. The topological polar surface area (TPSA) is 58.0 Å². The molecule has 1 N–H and O–H groups in total. The van der Waals surface area contributed by atoms with Crippen molar-refractivity contribution in [1.82, 2.24) is 20.3 Å². The first-order valence-electron chi connectivity index (χ1n) is 9.10. The molecule has 1 aromatic carbocycles. The highest BCUT2D eigenvalue weighted by molar-refractivity contribution is 9.10. The van der Waals surface area contributed by atoms with Gasteiger partial charge in [-0.15, -0.1) is 0 Å². The normalized spacial score (nSPS) is 18.1. The van der Waals surface area contributed by atoms with E-state index in [4.69, 9.17) is 4.52 Å². The lowest BCUT2D eigenvalue weighted by molar-refractivity contribution is 0.206. The molecule has 1 atom stereocenters. The summed E-state index contributed by atoms with van der Waals surface area (Å²) in [5, 5.41) is 11.7. The highest BCUT2D eigenvalue weighted by atomic mass is 79.9. The first kappa shape index (κ1) is 17.5. The lowest BCUT2D eigenvalue weighted by Gasteiger charge is -2.22. The largest absolute Gasteiger partial charge is 0.359 e. The number of aromatic nitrogens is 3. The predicted molar refractivity (Wildman–Crippen MR) is 105 cm³/mol. The summed E-state index contributed by atoms with van der Waals surface area (Å²) in [5.74, 6) is 1.37. The van der Waals surface area contributed by atoms with Crippen LogP contribution < -0.4 is 0 Å². The standard InChI is InChI=1S/C20H23BrN4O/c1-13(2)17-10-19(26-24-17)18-7-4-8-25(18)12-15-11-22-23-20(15)14-5-3-6-16(21)9-14/h3,5-6,9-11,13,18H,4,7-8,12H2,1-2H3,(H,22,23)/t18-/m1/s1. The number of aromatic amines is 1. The number of likely N-dealkylation sites (tertiary alicyclic amines) is 1. The maximum atomic E-state index is 5.67. The van der Waals surface area contributed by atoms with E-state index >= 15 is 0 Å². The van der Waals surface area contributed by atoms with E-state index in [9.17, 15) is 0 Å². The Kier molecular flexibility index (Phi) is 4.96. The number of rotatable bonds is 5. The fourth-order valence-corrected chi connectivity index (χ4v) is 4.01. The summed E-state index contributed by atoms with van der Waals surface area (Å²) < 4.78 is 6.74. The SMILES string of the molecule is CC(C)c1cc([C@H]2CCCN2Cc2cn[nH]c2-c2cccc(Br)c2)on1. The summed E-state index contributed by atoms with van der Waals surface area (Å²) in [5.41, 5.74) is 4.46. The lowest BCUT2D eigenvalue weighted by Crippen LogP contribution is -2.22. The smallest absolute Gasteiger partial charge is 0.154 e. The van der Waals surface area contributed by atoms with Crippen LogP contribution in [-0.2, 0) is 6.54 Å². The van der Waals surface area contributed by atoms with Crippen molar-refractivity contribution in [3.05, 3.63) is 58.0 Å². The molecular weight excluding hydrogens is 392 g/mol. The highest BCUT2D eigenvalue weighted by Crippen LogP contribution is 2.35. The van der Waals surface area contributed by atoms with E-state index in [0.717, 1.165) is 46.7 Å². The number of hydrogen-bond donors (Lipinski definition) is 1. The minimum Gasteiger partial charge on any atom is -0.359 e. The fourth-order valence-electron chi connectivity index (χ4n) is 3.61. The zero-order chi connectivity index (χ0) is 18.1. The molecular formula is C20H23BrN4O. The van der Waals surface area contributed by atoms with Crippen LogP contribution in [0.15, 0.2) is 45.5 Å². The van der Waals surface area contributed by atoms with Gasteiger partial charge < -0.3 is 4.52 Å². The third kappa shape index (κ3) is 3.48. The summed E-state index contributed by atoms with van der Waals surface area (Å²) in [6.07, 6.45) is 4.22. The Morgan fingerprint density at radius 1 is 1.35 bits per heavy atom. The molecule has 1 fully saturated rings. The molecule has 1 saturated heterocycles. The Hall–Kier alpha value is -1.92. The van der Waals surface area contributed by atoms with Crippen molar-refractivity contribution in [3.8, 4) is 11.3 Å². The number of H-pyrrole nitrogens is 1. The quantitative estimate of drug-likeness (QED) is 0.616. The van der Waals surface area contributed by atoms with E-state index < -0.39 is 0 Å². The molecule has 1 aliphatic heterocycles. The molecule has 0 radical (unpaired) electrons. The predicted octanol–water partition coefficient (Wildman–Crippen LogP) is 5.29. The van der Waals surface area contributed by atoms with Crippen molar-refractivity contribution < 1.29 is 4.52 Å². The number of halogens is 1. The lowest BCUT2D eigenvalue weighted by atomic mass is 10.1. The minimum absolute atomic E-state index is 0.292. The van der Waals surface area contributed by atoms with Crippen molar-refractivity contribution >= 4 is 15.9 Å². The van der Waals surface area contributed by atoms with Gasteiger partial charge in [-0.25, -0.2) is 0 Å². The average molecular weight is 415 g/mol. The monoisotopic (exact) mass is 414 g/mol. The third-order valence-corrected chi connectivity index (χ3v) is 5.53. The van der Waals surface area contributed by atoms with Crippen LogP contribution in [0.5, 0.6) is 0 Å². The van der Waals surface area contributed by atoms with Crippen molar-refractivity contribution in [2.75, 3.05) is 6.54 Å². The molecule has 3 heterocycles. The molecule has 0 bridgehead atoms. The van der Waals surface area contributed by atoms with Gasteiger partial charge in [-0.3, -0.25) is 10.00 Å². The summed E-state index contributed by atoms with van der Waals surface area (Å²) in [6, 6.07) is 10.7.